The van der Waals surface area contributed by atoms with E-state index in [4.69, 9.17) is 23.2 Å². The third-order valence-corrected chi connectivity index (χ3v) is 5.51. The van der Waals surface area contributed by atoms with Crippen LogP contribution in [0.3, 0.4) is 0 Å². The van der Waals surface area contributed by atoms with Gasteiger partial charge in [0.2, 0.25) is 10.0 Å². The number of halogens is 2. The number of H-pyrrole nitrogens is 1. The Morgan fingerprint density at radius 3 is 2.55 bits per heavy atom. The van der Waals surface area contributed by atoms with Crippen molar-refractivity contribution >= 4 is 61.5 Å². The Kier molecular flexibility index (Phi) is 5.62. The molecule has 3 N–H and O–H groups in total. The first-order valence-corrected chi connectivity index (χ1v) is 11.7. The van der Waals surface area contributed by atoms with Crippen molar-refractivity contribution in [2.24, 2.45) is 0 Å². The van der Waals surface area contributed by atoms with Crippen molar-refractivity contribution in [3.63, 3.8) is 0 Å². The molecular formula is C21H16Cl2N4O3S. The van der Waals surface area contributed by atoms with Crippen molar-refractivity contribution in [2.45, 2.75) is 0 Å². The second-order valence-electron chi connectivity index (χ2n) is 6.82. The molecule has 0 saturated heterocycles. The van der Waals surface area contributed by atoms with E-state index in [1.165, 1.54) is 0 Å². The van der Waals surface area contributed by atoms with Crippen LogP contribution in [0.15, 0.2) is 60.7 Å². The third kappa shape index (κ3) is 4.82. The van der Waals surface area contributed by atoms with Gasteiger partial charge in [-0.05, 0) is 48.5 Å². The van der Waals surface area contributed by atoms with Gasteiger partial charge in [-0.3, -0.25) is 9.52 Å². The van der Waals surface area contributed by atoms with E-state index in [1.807, 2.05) is 0 Å². The third-order valence-electron chi connectivity index (χ3n) is 4.37. The number of fused-ring (bicyclic) bond motifs is 1. The molecule has 0 saturated carbocycles. The molecule has 0 aliphatic heterocycles. The molecule has 0 aliphatic rings. The van der Waals surface area contributed by atoms with E-state index in [0.717, 1.165) is 6.26 Å². The fourth-order valence-corrected chi connectivity index (χ4v) is 4.11. The predicted molar refractivity (Wildman–Crippen MR) is 124 cm³/mol. The molecule has 0 aliphatic carbocycles. The minimum atomic E-state index is -3.52. The van der Waals surface area contributed by atoms with E-state index in [9.17, 15) is 13.2 Å². The number of aromatic nitrogens is 2. The van der Waals surface area contributed by atoms with Gasteiger partial charge in [0, 0.05) is 16.3 Å². The number of anilines is 2. The molecule has 7 nitrogen and oxygen atoms in total. The van der Waals surface area contributed by atoms with Crippen molar-refractivity contribution in [2.75, 3.05) is 16.3 Å². The Balaban J connectivity index is 1.70. The Morgan fingerprint density at radius 2 is 1.81 bits per heavy atom. The quantitative estimate of drug-likeness (QED) is 0.371. The lowest BCUT2D eigenvalue weighted by atomic mass is 10.1. The number of nitrogens with one attached hydrogen (secondary N) is 3. The van der Waals surface area contributed by atoms with Crippen LogP contribution >= 0.6 is 23.2 Å². The molecule has 1 aromatic heterocycles. The van der Waals surface area contributed by atoms with E-state index in [2.05, 4.69) is 20.0 Å². The van der Waals surface area contributed by atoms with Crippen molar-refractivity contribution < 1.29 is 13.2 Å². The molecule has 31 heavy (non-hydrogen) atoms. The number of carbonyl (C=O) groups excluding carboxylic acids is 1. The number of amides is 1. The van der Waals surface area contributed by atoms with Crippen LogP contribution in [-0.2, 0) is 10.0 Å². The van der Waals surface area contributed by atoms with Crippen LogP contribution in [0.1, 0.15) is 10.4 Å². The van der Waals surface area contributed by atoms with E-state index in [-0.39, 0.29) is 5.91 Å². The number of aromatic amines is 1. The fraction of sp³-hybridized carbons (Fsp3) is 0.0476. The van der Waals surface area contributed by atoms with Gasteiger partial charge in [0.1, 0.15) is 5.82 Å². The summed E-state index contributed by atoms with van der Waals surface area (Å²) in [6, 6.07) is 16.7. The summed E-state index contributed by atoms with van der Waals surface area (Å²) in [6.45, 7) is 0. The van der Waals surface area contributed by atoms with E-state index >= 15 is 0 Å². The molecule has 0 fully saturated rings. The summed E-state index contributed by atoms with van der Waals surface area (Å²) in [7, 11) is -3.52. The van der Waals surface area contributed by atoms with Crippen LogP contribution < -0.4 is 10.0 Å². The van der Waals surface area contributed by atoms with Crippen LogP contribution in [0, 0.1) is 0 Å². The number of hydrogen-bond donors (Lipinski definition) is 3. The largest absolute Gasteiger partial charge is 0.338 e. The number of carbonyl (C=O) groups is 1. The first-order valence-electron chi connectivity index (χ1n) is 9.03. The highest BCUT2D eigenvalue weighted by atomic mass is 35.5. The lowest BCUT2D eigenvalue weighted by molar-refractivity contribution is 0.102. The average molecular weight is 475 g/mol. The number of sulfonamides is 1. The minimum Gasteiger partial charge on any atom is -0.338 e. The molecule has 1 heterocycles. The number of nitrogens with zero attached hydrogens (tertiary/aromatic N) is 1. The Bertz CT molecular complexity index is 1420. The molecule has 0 radical (unpaired) electrons. The van der Waals surface area contributed by atoms with Crippen LogP contribution in [0.5, 0.6) is 0 Å². The Hall–Kier alpha value is -3.07. The van der Waals surface area contributed by atoms with Gasteiger partial charge < -0.3 is 10.3 Å². The highest BCUT2D eigenvalue weighted by Gasteiger charge is 2.17. The van der Waals surface area contributed by atoms with Crippen molar-refractivity contribution in [1.82, 2.24) is 9.97 Å². The molecule has 0 atom stereocenters. The topological polar surface area (TPSA) is 104 Å². The monoisotopic (exact) mass is 474 g/mol. The zero-order valence-electron chi connectivity index (χ0n) is 16.1. The number of benzene rings is 3. The molecule has 0 bridgehead atoms. The first kappa shape index (κ1) is 21.2. The standard InChI is InChI=1S/C21H16Cl2N4O3S/c1-31(29,30)27-17-7-3-6-15(23)19(17)20-25-16-9-8-12(10-18(16)26-20)21(28)24-14-5-2-4-13(22)11-14/h2-11,27H,1H3,(H,24,28)(H,25,26). The average Bonchev–Trinajstić information content (AvgIpc) is 3.09. The van der Waals surface area contributed by atoms with Crippen LogP contribution in [0.4, 0.5) is 11.4 Å². The molecule has 158 valence electrons. The minimum absolute atomic E-state index is 0.299. The van der Waals surface area contributed by atoms with Crippen molar-refractivity contribution in [1.29, 1.82) is 0 Å². The van der Waals surface area contributed by atoms with Crippen LogP contribution in [0.2, 0.25) is 10.0 Å². The van der Waals surface area contributed by atoms with E-state index in [1.54, 1.807) is 60.7 Å². The number of imidazole rings is 1. The zero-order chi connectivity index (χ0) is 22.2. The van der Waals surface area contributed by atoms with Gasteiger partial charge in [-0.15, -0.1) is 0 Å². The second-order valence-corrected chi connectivity index (χ2v) is 9.41. The fourth-order valence-electron chi connectivity index (χ4n) is 3.09. The lowest BCUT2D eigenvalue weighted by Crippen LogP contribution is -2.11. The summed E-state index contributed by atoms with van der Waals surface area (Å²) in [5, 5.41) is 3.63. The van der Waals surface area contributed by atoms with Gasteiger partial charge in [0.15, 0.2) is 0 Å². The van der Waals surface area contributed by atoms with Crippen molar-refractivity contribution in [3.8, 4) is 11.4 Å². The van der Waals surface area contributed by atoms with Gasteiger partial charge in [-0.25, -0.2) is 13.4 Å². The van der Waals surface area contributed by atoms with Gasteiger partial charge in [0.05, 0.1) is 33.6 Å². The molecule has 10 heteroatoms. The summed E-state index contributed by atoms with van der Waals surface area (Å²) in [5.41, 5.74) is 2.90. The second kappa shape index (κ2) is 8.22. The first-order chi connectivity index (χ1) is 14.7. The smallest absolute Gasteiger partial charge is 0.255 e. The maximum Gasteiger partial charge on any atom is 0.255 e. The van der Waals surface area contributed by atoms with Crippen molar-refractivity contribution in [3.05, 3.63) is 76.3 Å². The van der Waals surface area contributed by atoms with Gasteiger partial charge in [0.25, 0.3) is 5.91 Å². The summed E-state index contributed by atoms with van der Waals surface area (Å²) >= 11 is 12.3. The lowest BCUT2D eigenvalue weighted by Gasteiger charge is -2.10. The summed E-state index contributed by atoms with van der Waals surface area (Å²) in [5.74, 6) is 0.0663. The predicted octanol–water partition coefficient (Wildman–Crippen LogP) is 5.16. The summed E-state index contributed by atoms with van der Waals surface area (Å²) in [4.78, 5) is 20.2. The molecular weight excluding hydrogens is 459 g/mol. The van der Waals surface area contributed by atoms with Gasteiger partial charge >= 0.3 is 0 Å². The maximum atomic E-state index is 12.6. The summed E-state index contributed by atoms with van der Waals surface area (Å²) in [6.07, 6.45) is 1.06. The SMILES string of the molecule is CS(=O)(=O)Nc1cccc(Cl)c1-c1nc2ccc(C(=O)Nc3cccc(Cl)c3)cc2[nH]1. The Labute approximate surface area is 188 Å². The molecule has 1 amide bonds. The highest BCUT2D eigenvalue weighted by Crippen LogP contribution is 2.35. The van der Waals surface area contributed by atoms with Gasteiger partial charge in [-0.1, -0.05) is 35.3 Å². The van der Waals surface area contributed by atoms with Crippen LogP contribution in [0.25, 0.3) is 22.4 Å². The van der Waals surface area contributed by atoms with E-state index < -0.39 is 10.0 Å². The number of hydrogen-bond acceptors (Lipinski definition) is 4. The Morgan fingerprint density at radius 1 is 1.03 bits per heavy atom. The van der Waals surface area contributed by atoms with Crippen LogP contribution in [-0.4, -0.2) is 30.5 Å². The zero-order valence-corrected chi connectivity index (χ0v) is 18.4. The normalized spacial score (nSPS) is 11.5. The summed E-state index contributed by atoms with van der Waals surface area (Å²) < 4.78 is 25.9. The maximum absolute atomic E-state index is 12.6. The molecule has 0 unspecified atom stereocenters. The molecule has 3 aromatic carbocycles. The molecule has 4 aromatic rings. The molecule has 4 rings (SSSR count). The van der Waals surface area contributed by atoms with Gasteiger partial charge in [-0.2, -0.15) is 0 Å². The molecule has 0 spiro atoms. The number of rotatable bonds is 5. The van der Waals surface area contributed by atoms with E-state index in [0.29, 0.717) is 49.4 Å². The highest BCUT2D eigenvalue weighted by molar-refractivity contribution is 7.92.